The first-order valence-electron chi connectivity index (χ1n) is 9.41. The highest BCUT2D eigenvalue weighted by molar-refractivity contribution is 14.0. The van der Waals surface area contributed by atoms with Crippen LogP contribution in [0.2, 0.25) is 0 Å². The molecule has 7 heteroatoms. The van der Waals surface area contributed by atoms with Crippen molar-refractivity contribution >= 4 is 29.9 Å². The summed E-state index contributed by atoms with van der Waals surface area (Å²) in [4.78, 5) is 4.26. The van der Waals surface area contributed by atoms with Gasteiger partial charge in [0.15, 0.2) is 5.96 Å². The summed E-state index contributed by atoms with van der Waals surface area (Å²) in [7, 11) is 3.71. The highest BCUT2D eigenvalue weighted by Gasteiger charge is 2.02. The van der Waals surface area contributed by atoms with E-state index in [4.69, 9.17) is 4.74 Å². The molecule has 6 nitrogen and oxygen atoms in total. The molecule has 0 amide bonds. The second kappa shape index (κ2) is 12.1. The Kier molecular flexibility index (Phi) is 9.49. The normalized spacial score (nSPS) is 10.9. The van der Waals surface area contributed by atoms with E-state index in [0.29, 0.717) is 13.2 Å². The van der Waals surface area contributed by atoms with E-state index in [0.717, 1.165) is 30.4 Å². The summed E-state index contributed by atoms with van der Waals surface area (Å²) >= 11 is 0. The lowest BCUT2D eigenvalue weighted by Gasteiger charge is -2.12. The molecule has 0 saturated carbocycles. The third-order valence-corrected chi connectivity index (χ3v) is 4.46. The maximum atomic E-state index is 5.83. The van der Waals surface area contributed by atoms with Crippen LogP contribution in [0.25, 0.3) is 0 Å². The van der Waals surface area contributed by atoms with Crippen molar-refractivity contribution in [3.05, 3.63) is 83.7 Å². The quantitative estimate of drug-likeness (QED) is 0.280. The molecular formula is C22H28IN5O. The molecule has 0 aliphatic heterocycles. The maximum Gasteiger partial charge on any atom is 0.191 e. The Hall–Kier alpha value is -2.55. The topological polar surface area (TPSA) is 63.5 Å². The maximum absolute atomic E-state index is 5.83. The number of nitrogens with one attached hydrogen (secondary N) is 2. The number of halogens is 1. The van der Waals surface area contributed by atoms with E-state index >= 15 is 0 Å². The van der Waals surface area contributed by atoms with Crippen molar-refractivity contribution in [2.75, 3.05) is 13.6 Å². The van der Waals surface area contributed by atoms with Gasteiger partial charge in [-0.15, -0.1) is 24.0 Å². The molecule has 0 unspecified atom stereocenters. The predicted octanol–water partition coefficient (Wildman–Crippen LogP) is 3.52. The third-order valence-electron chi connectivity index (χ3n) is 4.46. The first kappa shape index (κ1) is 22.7. The summed E-state index contributed by atoms with van der Waals surface area (Å²) in [6, 6.07) is 20.4. The molecule has 0 radical (unpaired) electrons. The van der Waals surface area contributed by atoms with Gasteiger partial charge in [-0.3, -0.25) is 9.67 Å². The minimum Gasteiger partial charge on any atom is -0.489 e. The Bertz CT molecular complexity index is 878. The lowest BCUT2D eigenvalue weighted by molar-refractivity contribution is 0.306. The first-order chi connectivity index (χ1) is 13.7. The summed E-state index contributed by atoms with van der Waals surface area (Å²) in [5, 5.41) is 10.8. The number of hydrogen-bond acceptors (Lipinski definition) is 3. The van der Waals surface area contributed by atoms with Gasteiger partial charge in [0, 0.05) is 26.8 Å². The zero-order valence-electron chi connectivity index (χ0n) is 16.8. The summed E-state index contributed by atoms with van der Waals surface area (Å²) < 4.78 is 7.68. The molecule has 0 aliphatic carbocycles. The standard InChI is InChI=1S/C22H27N5O.HI/c1-23-22(25-16-20-13-15-26-27(20)2)24-14-12-18-8-10-21(11-9-18)28-17-19-6-4-3-5-7-19;/h3-11,13,15H,12,14,16-17H2,1-2H3,(H2,23,24,25);1H. The van der Waals surface area contributed by atoms with Crippen LogP contribution in [0.5, 0.6) is 5.75 Å². The predicted molar refractivity (Wildman–Crippen MR) is 128 cm³/mol. The van der Waals surface area contributed by atoms with Gasteiger partial charge in [0.2, 0.25) is 0 Å². The zero-order valence-corrected chi connectivity index (χ0v) is 19.2. The van der Waals surface area contributed by atoms with Gasteiger partial charge in [0.25, 0.3) is 0 Å². The Labute approximate surface area is 189 Å². The number of aliphatic imine (C=N–C) groups is 1. The Morgan fingerprint density at radius 1 is 1.00 bits per heavy atom. The van der Waals surface area contributed by atoms with Crippen molar-refractivity contribution < 1.29 is 4.74 Å². The Morgan fingerprint density at radius 2 is 1.76 bits per heavy atom. The van der Waals surface area contributed by atoms with Crippen molar-refractivity contribution in [3.63, 3.8) is 0 Å². The highest BCUT2D eigenvalue weighted by Crippen LogP contribution is 2.14. The fourth-order valence-electron chi connectivity index (χ4n) is 2.79. The molecule has 154 valence electrons. The number of benzene rings is 2. The summed E-state index contributed by atoms with van der Waals surface area (Å²) in [6.07, 6.45) is 2.70. The second-order valence-electron chi connectivity index (χ2n) is 6.47. The Balaban J connectivity index is 0.00000300. The number of ether oxygens (including phenoxy) is 1. The smallest absolute Gasteiger partial charge is 0.191 e. The monoisotopic (exact) mass is 505 g/mol. The van der Waals surface area contributed by atoms with Crippen molar-refractivity contribution in [1.82, 2.24) is 20.4 Å². The molecule has 0 bridgehead atoms. The van der Waals surface area contributed by atoms with Crippen molar-refractivity contribution in [2.24, 2.45) is 12.0 Å². The molecule has 2 aromatic carbocycles. The molecule has 3 rings (SSSR count). The van der Waals surface area contributed by atoms with Crippen molar-refractivity contribution in [1.29, 1.82) is 0 Å². The Morgan fingerprint density at radius 3 is 2.41 bits per heavy atom. The molecule has 1 aromatic heterocycles. The van der Waals surface area contributed by atoms with E-state index in [-0.39, 0.29) is 24.0 Å². The van der Waals surface area contributed by atoms with Gasteiger partial charge in [-0.2, -0.15) is 5.10 Å². The van der Waals surface area contributed by atoms with Crippen LogP contribution in [0.1, 0.15) is 16.8 Å². The minimum atomic E-state index is 0. The molecular weight excluding hydrogens is 477 g/mol. The lowest BCUT2D eigenvalue weighted by atomic mass is 10.1. The SMILES string of the molecule is CN=C(NCCc1ccc(OCc2ccccc2)cc1)NCc1ccnn1C.I. The molecule has 0 fully saturated rings. The summed E-state index contributed by atoms with van der Waals surface area (Å²) in [5.41, 5.74) is 3.52. The van der Waals surface area contributed by atoms with Gasteiger partial charge in [-0.05, 0) is 35.7 Å². The summed E-state index contributed by atoms with van der Waals surface area (Å²) in [5.74, 6) is 1.67. The number of hydrogen-bond donors (Lipinski definition) is 2. The van der Waals surface area contributed by atoms with Gasteiger partial charge in [0.05, 0.1) is 12.2 Å². The largest absolute Gasteiger partial charge is 0.489 e. The van der Waals surface area contributed by atoms with Crippen LogP contribution >= 0.6 is 24.0 Å². The average molecular weight is 505 g/mol. The van der Waals surface area contributed by atoms with E-state index in [1.54, 1.807) is 13.2 Å². The highest BCUT2D eigenvalue weighted by atomic mass is 127. The summed E-state index contributed by atoms with van der Waals surface area (Å²) in [6.45, 7) is 2.07. The third kappa shape index (κ3) is 7.41. The van der Waals surface area contributed by atoms with Crippen molar-refractivity contribution in [3.8, 4) is 5.75 Å². The zero-order chi connectivity index (χ0) is 19.6. The van der Waals surface area contributed by atoms with Crippen LogP contribution in [0.15, 0.2) is 71.9 Å². The number of aryl methyl sites for hydroxylation is 1. The average Bonchev–Trinajstić information content (AvgIpc) is 3.15. The molecule has 29 heavy (non-hydrogen) atoms. The molecule has 1 heterocycles. The fourth-order valence-corrected chi connectivity index (χ4v) is 2.79. The van der Waals surface area contributed by atoms with Crippen LogP contribution < -0.4 is 15.4 Å². The van der Waals surface area contributed by atoms with E-state index < -0.39 is 0 Å². The van der Waals surface area contributed by atoms with Crippen molar-refractivity contribution in [2.45, 2.75) is 19.6 Å². The van der Waals surface area contributed by atoms with Crippen LogP contribution in [-0.2, 0) is 26.6 Å². The van der Waals surface area contributed by atoms with Crippen LogP contribution in [-0.4, -0.2) is 29.3 Å². The number of guanidine groups is 1. The molecule has 2 N–H and O–H groups in total. The number of nitrogens with zero attached hydrogens (tertiary/aromatic N) is 3. The van der Waals surface area contributed by atoms with Crippen LogP contribution in [0, 0.1) is 0 Å². The fraction of sp³-hybridized carbons (Fsp3) is 0.273. The second-order valence-corrected chi connectivity index (χ2v) is 6.47. The molecule has 0 saturated heterocycles. The number of rotatable bonds is 8. The lowest BCUT2D eigenvalue weighted by Crippen LogP contribution is -2.38. The van der Waals surface area contributed by atoms with Crippen LogP contribution in [0.3, 0.4) is 0 Å². The van der Waals surface area contributed by atoms with E-state index in [1.807, 2.05) is 48.1 Å². The van der Waals surface area contributed by atoms with Gasteiger partial charge in [-0.25, -0.2) is 0 Å². The van der Waals surface area contributed by atoms with E-state index in [2.05, 4.69) is 45.0 Å². The van der Waals surface area contributed by atoms with Gasteiger partial charge >= 0.3 is 0 Å². The van der Waals surface area contributed by atoms with E-state index in [1.165, 1.54) is 11.1 Å². The van der Waals surface area contributed by atoms with Gasteiger partial charge in [-0.1, -0.05) is 42.5 Å². The molecule has 3 aromatic rings. The minimum absolute atomic E-state index is 0. The van der Waals surface area contributed by atoms with E-state index in [9.17, 15) is 0 Å². The molecule has 0 aliphatic rings. The van der Waals surface area contributed by atoms with Gasteiger partial charge < -0.3 is 15.4 Å². The molecule has 0 atom stereocenters. The van der Waals surface area contributed by atoms with Gasteiger partial charge in [0.1, 0.15) is 12.4 Å². The number of aromatic nitrogens is 2. The first-order valence-corrected chi connectivity index (χ1v) is 9.41. The molecule has 0 spiro atoms. The van der Waals surface area contributed by atoms with Crippen LogP contribution in [0.4, 0.5) is 0 Å².